The van der Waals surface area contributed by atoms with Crippen molar-refractivity contribution in [2.75, 3.05) is 5.32 Å². The standard InChI is InChI=1S/C13H11BrN2O/c1-9-5-2-3-6-10(9)16-13(17)11-7-4-8-12(14)15-11/h2-8H,1H3,(H,16,17). The lowest BCUT2D eigenvalue weighted by Crippen LogP contribution is -2.14. The highest BCUT2D eigenvalue weighted by molar-refractivity contribution is 9.10. The number of benzene rings is 1. The summed E-state index contributed by atoms with van der Waals surface area (Å²) in [5.74, 6) is -0.208. The number of carbonyl (C=O) groups excluding carboxylic acids is 1. The molecule has 1 N–H and O–H groups in total. The van der Waals surface area contributed by atoms with Gasteiger partial charge in [0.25, 0.3) is 5.91 Å². The second-order valence-corrected chi connectivity index (χ2v) is 4.43. The van der Waals surface area contributed by atoms with Crippen LogP contribution in [0.15, 0.2) is 47.1 Å². The molecule has 86 valence electrons. The van der Waals surface area contributed by atoms with Crippen LogP contribution in [0.2, 0.25) is 0 Å². The van der Waals surface area contributed by atoms with E-state index < -0.39 is 0 Å². The average Bonchev–Trinajstić information content (AvgIpc) is 2.32. The molecule has 0 atom stereocenters. The van der Waals surface area contributed by atoms with E-state index in [4.69, 9.17) is 0 Å². The SMILES string of the molecule is Cc1ccccc1NC(=O)c1cccc(Br)n1. The van der Waals surface area contributed by atoms with Gasteiger partial charge in [0, 0.05) is 5.69 Å². The van der Waals surface area contributed by atoms with E-state index >= 15 is 0 Å². The normalized spacial score (nSPS) is 10.0. The molecule has 0 unspecified atom stereocenters. The van der Waals surface area contributed by atoms with Crippen molar-refractivity contribution >= 4 is 27.5 Å². The fourth-order valence-corrected chi connectivity index (χ4v) is 1.78. The number of nitrogens with one attached hydrogen (secondary N) is 1. The summed E-state index contributed by atoms with van der Waals surface area (Å²) in [6, 6.07) is 12.9. The number of halogens is 1. The third-order valence-corrected chi connectivity index (χ3v) is 2.78. The number of para-hydroxylation sites is 1. The van der Waals surface area contributed by atoms with Gasteiger partial charge in [0.1, 0.15) is 10.3 Å². The van der Waals surface area contributed by atoms with Crippen LogP contribution in [0.4, 0.5) is 5.69 Å². The number of nitrogens with zero attached hydrogens (tertiary/aromatic N) is 1. The molecule has 0 fully saturated rings. The minimum Gasteiger partial charge on any atom is -0.320 e. The van der Waals surface area contributed by atoms with E-state index in [2.05, 4.69) is 26.2 Å². The van der Waals surface area contributed by atoms with Gasteiger partial charge in [-0.25, -0.2) is 4.98 Å². The molecular weight excluding hydrogens is 280 g/mol. The van der Waals surface area contributed by atoms with Gasteiger partial charge >= 0.3 is 0 Å². The molecule has 2 aromatic rings. The maximum Gasteiger partial charge on any atom is 0.274 e. The fraction of sp³-hybridized carbons (Fsp3) is 0.0769. The van der Waals surface area contributed by atoms with Crippen molar-refractivity contribution < 1.29 is 4.79 Å². The summed E-state index contributed by atoms with van der Waals surface area (Å²) in [6.07, 6.45) is 0. The van der Waals surface area contributed by atoms with Gasteiger partial charge in [0.15, 0.2) is 0 Å². The molecule has 2 rings (SSSR count). The summed E-state index contributed by atoms with van der Waals surface area (Å²) in [5.41, 5.74) is 2.22. The Kier molecular flexibility index (Phi) is 3.54. The molecule has 1 aromatic heterocycles. The van der Waals surface area contributed by atoms with Gasteiger partial charge in [-0.15, -0.1) is 0 Å². The monoisotopic (exact) mass is 290 g/mol. The highest BCUT2D eigenvalue weighted by Crippen LogP contribution is 2.14. The summed E-state index contributed by atoms with van der Waals surface area (Å²) in [6.45, 7) is 1.95. The first-order valence-corrected chi connectivity index (χ1v) is 5.95. The van der Waals surface area contributed by atoms with E-state index in [1.807, 2.05) is 31.2 Å². The van der Waals surface area contributed by atoms with E-state index in [-0.39, 0.29) is 5.91 Å². The summed E-state index contributed by atoms with van der Waals surface area (Å²) in [7, 11) is 0. The molecule has 1 amide bonds. The minimum absolute atomic E-state index is 0.208. The minimum atomic E-state index is -0.208. The molecule has 0 bridgehead atoms. The molecule has 0 aliphatic carbocycles. The molecule has 1 heterocycles. The van der Waals surface area contributed by atoms with Crippen LogP contribution in [-0.4, -0.2) is 10.9 Å². The largest absolute Gasteiger partial charge is 0.320 e. The molecule has 17 heavy (non-hydrogen) atoms. The molecule has 0 aliphatic heterocycles. The highest BCUT2D eigenvalue weighted by Gasteiger charge is 2.08. The maximum atomic E-state index is 11.9. The number of carbonyl (C=O) groups is 1. The fourth-order valence-electron chi connectivity index (χ4n) is 1.43. The second kappa shape index (κ2) is 5.10. The first kappa shape index (κ1) is 11.8. The Morgan fingerprint density at radius 3 is 2.65 bits per heavy atom. The van der Waals surface area contributed by atoms with Crippen LogP contribution in [0.5, 0.6) is 0 Å². The van der Waals surface area contributed by atoms with Gasteiger partial charge in [-0.2, -0.15) is 0 Å². The van der Waals surface area contributed by atoms with Crippen molar-refractivity contribution in [3.8, 4) is 0 Å². The van der Waals surface area contributed by atoms with E-state index in [9.17, 15) is 4.79 Å². The number of anilines is 1. The van der Waals surface area contributed by atoms with Gasteiger partial charge < -0.3 is 5.32 Å². The second-order valence-electron chi connectivity index (χ2n) is 3.61. The van der Waals surface area contributed by atoms with Crippen LogP contribution in [0.1, 0.15) is 16.1 Å². The quantitative estimate of drug-likeness (QED) is 0.862. The summed E-state index contributed by atoms with van der Waals surface area (Å²) in [4.78, 5) is 16.0. The Hall–Kier alpha value is -1.68. The number of hydrogen-bond donors (Lipinski definition) is 1. The molecule has 4 heteroatoms. The molecule has 0 aliphatic rings. The molecule has 0 saturated carbocycles. The van der Waals surface area contributed by atoms with E-state index in [0.29, 0.717) is 10.3 Å². The Balaban J connectivity index is 2.20. The van der Waals surface area contributed by atoms with Gasteiger partial charge in [0.05, 0.1) is 0 Å². The van der Waals surface area contributed by atoms with Crippen LogP contribution in [-0.2, 0) is 0 Å². The number of aryl methyl sites for hydroxylation is 1. The van der Waals surface area contributed by atoms with Gasteiger partial charge in [-0.1, -0.05) is 24.3 Å². The van der Waals surface area contributed by atoms with Crippen LogP contribution >= 0.6 is 15.9 Å². The molecule has 3 nitrogen and oxygen atoms in total. The van der Waals surface area contributed by atoms with Crippen LogP contribution in [0.25, 0.3) is 0 Å². The lowest BCUT2D eigenvalue weighted by Gasteiger charge is -2.07. The Morgan fingerprint density at radius 1 is 1.18 bits per heavy atom. The Bertz CT molecular complexity index is 555. The van der Waals surface area contributed by atoms with Crippen LogP contribution < -0.4 is 5.32 Å². The summed E-state index contributed by atoms with van der Waals surface area (Å²) < 4.78 is 0.648. The van der Waals surface area contributed by atoms with Crippen molar-refractivity contribution in [2.45, 2.75) is 6.92 Å². The smallest absolute Gasteiger partial charge is 0.274 e. The Morgan fingerprint density at radius 2 is 1.94 bits per heavy atom. The molecule has 0 radical (unpaired) electrons. The molecule has 0 spiro atoms. The van der Waals surface area contributed by atoms with Crippen molar-refractivity contribution in [1.82, 2.24) is 4.98 Å². The zero-order chi connectivity index (χ0) is 12.3. The number of aromatic nitrogens is 1. The zero-order valence-corrected chi connectivity index (χ0v) is 10.9. The first-order chi connectivity index (χ1) is 8.16. The van der Waals surface area contributed by atoms with Gasteiger partial charge in [-0.3, -0.25) is 4.79 Å². The van der Waals surface area contributed by atoms with Crippen molar-refractivity contribution in [3.63, 3.8) is 0 Å². The highest BCUT2D eigenvalue weighted by atomic mass is 79.9. The zero-order valence-electron chi connectivity index (χ0n) is 9.27. The lowest BCUT2D eigenvalue weighted by atomic mass is 10.2. The Labute approximate surface area is 108 Å². The third-order valence-electron chi connectivity index (χ3n) is 2.34. The van der Waals surface area contributed by atoms with Crippen molar-refractivity contribution in [1.29, 1.82) is 0 Å². The maximum absolute atomic E-state index is 11.9. The average molecular weight is 291 g/mol. The predicted octanol–water partition coefficient (Wildman–Crippen LogP) is 3.40. The van der Waals surface area contributed by atoms with E-state index in [0.717, 1.165) is 11.3 Å². The van der Waals surface area contributed by atoms with Gasteiger partial charge in [0.2, 0.25) is 0 Å². The number of amides is 1. The van der Waals surface area contributed by atoms with Crippen LogP contribution in [0, 0.1) is 6.92 Å². The first-order valence-electron chi connectivity index (χ1n) is 5.16. The topological polar surface area (TPSA) is 42.0 Å². The lowest BCUT2D eigenvalue weighted by molar-refractivity contribution is 0.102. The summed E-state index contributed by atoms with van der Waals surface area (Å²) >= 11 is 3.24. The van der Waals surface area contributed by atoms with Crippen LogP contribution in [0.3, 0.4) is 0 Å². The summed E-state index contributed by atoms with van der Waals surface area (Å²) in [5, 5.41) is 2.83. The van der Waals surface area contributed by atoms with Crippen molar-refractivity contribution in [2.24, 2.45) is 0 Å². The molecule has 0 saturated heterocycles. The molecule has 1 aromatic carbocycles. The van der Waals surface area contributed by atoms with Crippen molar-refractivity contribution in [3.05, 3.63) is 58.3 Å². The molecular formula is C13H11BrN2O. The number of rotatable bonds is 2. The van der Waals surface area contributed by atoms with Gasteiger partial charge in [-0.05, 0) is 46.6 Å². The predicted molar refractivity (Wildman–Crippen MR) is 71.1 cm³/mol. The number of pyridine rings is 1. The van der Waals surface area contributed by atoms with E-state index in [1.165, 1.54) is 0 Å². The van der Waals surface area contributed by atoms with E-state index in [1.54, 1.807) is 18.2 Å². The third kappa shape index (κ3) is 2.91. The number of hydrogen-bond acceptors (Lipinski definition) is 2.